The van der Waals surface area contributed by atoms with E-state index >= 15 is 0 Å². The zero-order valence-electron chi connectivity index (χ0n) is 13.4. The van der Waals surface area contributed by atoms with Gasteiger partial charge in [-0.1, -0.05) is 6.07 Å². The highest BCUT2D eigenvalue weighted by atomic mass is 16.4. The molecule has 0 unspecified atom stereocenters. The predicted octanol–water partition coefficient (Wildman–Crippen LogP) is 1.55. The Morgan fingerprint density at radius 2 is 1.96 bits per heavy atom. The number of anilines is 1. The Labute approximate surface area is 143 Å². The number of hydrogen-bond acceptors (Lipinski definition) is 4. The molecule has 1 saturated heterocycles. The molecule has 1 amide bonds. The summed E-state index contributed by atoms with van der Waals surface area (Å²) >= 11 is 0. The van der Waals surface area contributed by atoms with E-state index in [1.807, 2.05) is 18.3 Å². The molecule has 1 aliphatic heterocycles. The number of nitrogens with zero attached hydrogens (tertiary/aromatic N) is 3. The van der Waals surface area contributed by atoms with E-state index in [0.29, 0.717) is 31.7 Å². The minimum Gasteiger partial charge on any atom is -0.477 e. The van der Waals surface area contributed by atoms with Crippen LogP contribution in [0.1, 0.15) is 20.8 Å². The Morgan fingerprint density at radius 3 is 2.68 bits per heavy atom. The number of carboxylic acids is 1. The molecule has 0 aliphatic carbocycles. The van der Waals surface area contributed by atoms with E-state index in [4.69, 9.17) is 5.11 Å². The Hall–Kier alpha value is -3.29. The van der Waals surface area contributed by atoms with Gasteiger partial charge in [0.25, 0.3) is 5.91 Å². The molecule has 1 aromatic carbocycles. The average molecular weight is 339 g/mol. The summed E-state index contributed by atoms with van der Waals surface area (Å²) in [4.78, 5) is 30.1. The number of aromatic amines is 2. The zero-order chi connectivity index (χ0) is 17.4. The number of carbonyl (C=O) groups is 2. The first kappa shape index (κ1) is 15.3. The van der Waals surface area contributed by atoms with E-state index in [2.05, 4.69) is 26.1 Å². The van der Waals surface area contributed by atoms with Crippen molar-refractivity contribution in [3.8, 4) is 0 Å². The summed E-state index contributed by atoms with van der Waals surface area (Å²) in [6.45, 7) is 2.60. The molecule has 0 saturated carbocycles. The average Bonchev–Trinajstić information content (AvgIpc) is 3.30. The minimum absolute atomic E-state index is 0.0219. The Bertz CT molecular complexity index is 937. The van der Waals surface area contributed by atoms with Crippen LogP contribution in [-0.4, -0.2) is 63.2 Å². The summed E-state index contributed by atoms with van der Waals surface area (Å²) in [7, 11) is 0. The molecule has 0 bridgehead atoms. The van der Waals surface area contributed by atoms with Crippen LogP contribution in [0.15, 0.2) is 36.7 Å². The first-order chi connectivity index (χ1) is 12.1. The summed E-state index contributed by atoms with van der Waals surface area (Å²) in [5.41, 5.74) is 2.49. The molecule has 3 heterocycles. The monoisotopic (exact) mass is 339 g/mol. The number of piperazine rings is 1. The number of fused-ring (bicyclic) bond motifs is 1. The lowest BCUT2D eigenvalue weighted by atomic mass is 10.1. The molecule has 0 atom stereocenters. The lowest BCUT2D eigenvalue weighted by Crippen LogP contribution is -2.48. The van der Waals surface area contributed by atoms with Crippen LogP contribution in [-0.2, 0) is 0 Å². The molecule has 8 heteroatoms. The van der Waals surface area contributed by atoms with Gasteiger partial charge in [-0.2, -0.15) is 5.10 Å². The molecule has 1 fully saturated rings. The second kappa shape index (κ2) is 5.97. The number of aromatic nitrogens is 3. The molecule has 25 heavy (non-hydrogen) atoms. The highest BCUT2D eigenvalue weighted by molar-refractivity contribution is 5.97. The summed E-state index contributed by atoms with van der Waals surface area (Å²) in [5.74, 6) is -1.22. The molecule has 3 aromatic rings. The van der Waals surface area contributed by atoms with Crippen molar-refractivity contribution >= 4 is 28.5 Å². The fraction of sp³-hybridized carbons (Fsp3) is 0.235. The van der Waals surface area contributed by atoms with Crippen LogP contribution in [0.5, 0.6) is 0 Å². The van der Waals surface area contributed by atoms with E-state index in [9.17, 15) is 9.59 Å². The SMILES string of the molecule is O=C(O)c1cc(C(=O)N2CCN(c3cccc4[nH]ncc34)CC2)c[nH]1. The van der Waals surface area contributed by atoms with E-state index in [1.165, 1.54) is 12.3 Å². The third kappa shape index (κ3) is 2.71. The minimum atomic E-state index is -1.07. The summed E-state index contributed by atoms with van der Waals surface area (Å²) in [6, 6.07) is 7.40. The molecule has 0 radical (unpaired) electrons. The fourth-order valence-corrected chi connectivity index (χ4v) is 3.20. The van der Waals surface area contributed by atoms with Crippen LogP contribution in [0.4, 0.5) is 5.69 Å². The van der Waals surface area contributed by atoms with Crippen molar-refractivity contribution in [2.75, 3.05) is 31.1 Å². The highest BCUT2D eigenvalue weighted by Gasteiger charge is 2.24. The molecular weight excluding hydrogens is 322 g/mol. The van der Waals surface area contributed by atoms with Gasteiger partial charge in [-0.25, -0.2) is 4.79 Å². The van der Waals surface area contributed by atoms with Crippen LogP contribution >= 0.6 is 0 Å². The van der Waals surface area contributed by atoms with Crippen LogP contribution in [0.25, 0.3) is 10.9 Å². The number of nitrogens with one attached hydrogen (secondary N) is 2. The molecule has 1 aliphatic rings. The topological polar surface area (TPSA) is 105 Å². The fourth-order valence-electron chi connectivity index (χ4n) is 3.20. The van der Waals surface area contributed by atoms with Crippen LogP contribution in [0.3, 0.4) is 0 Å². The summed E-state index contributed by atoms with van der Waals surface area (Å²) < 4.78 is 0. The molecule has 3 N–H and O–H groups in total. The number of amides is 1. The van der Waals surface area contributed by atoms with Gasteiger partial charge in [-0.05, 0) is 18.2 Å². The van der Waals surface area contributed by atoms with Gasteiger partial charge < -0.3 is 19.9 Å². The molecule has 2 aromatic heterocycles. The standard InChI is InChI=1S/C17H17N5O3/c23-16(11-8-14(17(24)25)18-9-11)22-6-4-21(5-7-22)15-3-1-2-13-12(15)10-19-20-13/h1-3,8-10,18H,4-7H2,(H,19,20)(H,24,25). The van der Waals surface area contributed by atoms with Gasteiger partial charge in [-0.15, -0.1) is 0 Å². The molecule has 4 rings (SSSR count). The maximum atomic E-state index is 12.5. The first-order valence-corrected chi connectivity index (χ1v) is 8.01. The van der Waals surface area contributed by atoms with Crippen molar-refractivity contribution in [3.63, 3.8) is 0 Å². The van der Waals surface area contributed by atoms with E-state index < -0.39 is 5.97 Å². The maximum absolute atomic E-state index is 12.5. The van der Waals surface area contributed by atoms with Crippen LogP contribution < -0.4 is 4.90 Å². The number of carboxylic acid groups (broad SMARTS) is 1. The van der Waals surface area contributed by atoms with E-state index in [-0.39, 0.29) is 11.6 Å². The van der Waals surface area contributed by atoms with Crippen molar-refractivity contribution < 1.29 is 14.7 Å². The van der Waals surface area contributed by atoms with Crippen molar-refractivity contribution in [1.82, 2.24) is 20.1 Å². The van der Waals surface area contributed by atoms with Gasteiger partial charge in [0.1, 0.15) is 5.69 Å². The normalized spacial score (nSPS) is 14.9. The Balaban J connectivity index is 1.46. The highest BCUT2D eigenvalue weighted by Crippen LogP contribution is 2.26. The second-order valence-corrected chi connectivity index (χ2v) is 5.99. The summed E-state index contributed by atoms with van der Waals surface area (Å²) in [5, 5.41) is 17.1. The lowest BCUT2D eigenvalue weighted by Gasteiger charge is -2.36. The first-order valence-electron chi connectivity index (χ1n) is 8.01. The van der Waals surface area contributed by atoms with Crippen molar-refractivity contribution in [1.29, 1.82) is 0 Å². The molecular formula is C17H17N5O3. The van der Waals surface area contributed by atoms with Crippen molar-refractivity contribution in [3.05, 3.63) is 47.9 Å². The van der Waals surface area contributed by atoms with E-state index in [0.717, 1.165) is 16.6 Å². The maximum Gasteiger partial charge on any atom is 0.352 e. The Morgan fingerprint density at radius 1 is 1.16 bits per heavy atom. The zero-order valence-corrected chi connectivity index (χ0v) is 13.4. The van der Waals surface area contributed by atoms with Crippen LogP contribution in [0.2, 0.25) is 0 Å². The number of carbonyl (C=O) groups excluding carboxylic acids is 1. The number of benzene rings is 1. The second-order valence-electron chi connectivity index (χ2n) is 5.99. The van der Waals surface area contributed by atoms with Gasteiger partial charge in [0, 0.05) is 43.4 Å². The summed E-state index contributed by atoms with van der Waals surface area (Å²) in [6.07, 6.45) is 3.26. The van der Waals surface area contributed by atoms with Crippen molar-refractivity contribution in [2.24, 2.45) is 0 Å². The quantitative estimate of drug-likeness (QED) is 0.671. The van der Waals surface area contributed by atoms with Gasteiger partial charge in [0.2, 0.25) is 0 Å². The van der Waals surface area contributed by atoms with Gasteiger partial charge in [0.15, 0.2) is 0 Å². The van der Waals surface area contributed by atoms with Gasteiger partial charge in [-0.3, -0.25) is 9.89 Å². The molecule has 8 nitrogen and oxygen atoms in total. The third-order valence-corrected chi connectivity index (χ3v) is 4.53. The van der Waals surface area contributed by atoms with Crippen LogP contribution in [0, 0.1) is 0 Å². The smallest absolute Gasteiger partial charge is 0.352 e. The molecule has 0 spiro atoms. The largest absolute Gasteiger partial charge is 0.477 e. The number of H-pyrrole nitrogens is 2. The lowest BCUT2D eigenvalue weighted by molar-refractivity contribution is 0.0691. The predicted molar refractivity (Wildman–Crippen MR) is 92.0 cm³/mol. The van der Waals surface area contributed by atoms with Gasteiger partial charge >= 0.3 is 5.97 Å². The Kier molecular flexibility index (Phi) is 3.64. The van der Waals surface area contributed by atoms with Gasteiger partial charge in [0.05, 0.1) is 17.3 Å². The van der Waals surface area contributed by atoms with E-state index in [1.54, 1.807) is 4.90 Å². The third-order valence-electron chi connectivity index (χ3n) is 4.53. The number of rotatable bonds is 3. The number of hydrogen-bond donors (Lipinski definition) is 3. The van der Waals surface area contributed by atoms with Crippen molar-refractivity contribution in [2.45, 2.75) is 0 Å². The number of aromatic carboxylic acids is 1. The molecule has 128 valence electrons.